The molecule has 1 amide bonds. The van der Waals surface area contributed by atoms with Gasteiger partial charge in [-0.3, -0.25) is 4.79 Å². The third kappa shape index (κ3) is 3.48. The van der Waals surface area contributed by atoms with E-state index in [2.05, 4.69) is 35.0 Å². The Labute approximate surface area is 134 Å². The maximum absolute atomic E-state index is 12.2. The Kier molecular flexibility index (Phi) is 5.08. The van der Waals surface area contributed by atoms with E-state index in [1.807, 2.05) is 0 Å². The molecule has 4 nitrogen and oxygen atoms in total. The molecule has 2 heterocycles. The monoisotopic (exact) mass is 318 g/mol. The molecular formula is C17H22N2O2S. The molecule has 1 saturated heterocycles. The average Bonchev–Trinajstić information content (AvgIpc) is 2.98. The van der Waals surface area contributed by atoms with Crippen molar-refractivity contribution in [1.82, 2.24) is 5.32 Å². The number of fused-ring (bicyclic) bond motifs is 1. The minimum absolute atomic E-state index is 0.0357. The fourth-order valence-corrected chi connectivity index (χ4v) is 3.95. The van der Waals surface area contributed by atoms with Gasteiger partial charge in [-0.25, -0.2) is 0 Å². The fourth-order valence-electron chi connectivity index (χ4n) is 2.95. The van der Waals surface area contributed by atoms with Crippen molar-refractivity contribution >= 4 is 27.3 Å². The first-order valence-electron chi connectivity index (χ1n) is 7.82. The van der Waals surface area contributed by atoms with Crippen LogP contribution in [0.25, 0.3) is 10.1 Å². The number of nitrogens with two attached hydrogens (primary N) is 1. The predicted octanol–water partition coefficient (Wildman–Crippen LogP) is 2.31. The van der Waals surface area contributed by atoms with Gasteiger partial charge in [0.25, 0.3) is 0 Å². The van der Waals surface area contributed by atoms with Crippen molar-refractivity contribution in [2.24, 2.45) is 11.7 Å². The van der Waals surface area contributed by atoms with E-state index in [4.69, 9.17) is 10.5 Å². The van der Waals surface area contributed by atoms with Crippen LogP contribution in [0.2, 0.25) is 0 Å². The number of nitrogens with one attached hydrogen (secondary N) is 1. The van der Waals surface area contributed by atoms with Gasteiger partial charge < -0.3 is 15.8 Å². The number of rotatable bonds is 5. The lowest BCUT2D eigenvalue weighted by Gasteiger charge is -2.26. The Balaban J connectivity index is 1.51. The highest BCUT2D eigenvalue weighted by Crippen LogP contribution is 2.25. The van der Waals surface area contributed by atoms with Gasteiger partial charge in [0.05, 0.1) is 6.04 Å². The van der Waals surface area contributed by atoms with E-state index in [-0.39, 0.29) is 11.8 Å². The predicted molar refractivity (Wildman–Crippen MR) is 90.1 cm³/mol. The standard InChI is InChI=1S/C17H22N2O2S/c18-16(12-6-9-21-10-7-12)17(20)19-8-5-13-11-22-15-4-2-1-3-14(13)15/h1-4,11-12,16H,5-10,18H2,(H,19,20). The minimum Gasteiger partial charge on any atom is -0.381 e. The van der Waals surface area contributed by atoms with Crippen LogP contribution in [-0.2, 0) is 16.0 Å². The highest BCUT2D eigenvalue weighted by atomic mass is 32.1. The van der Waals surface area contributed by atoms with Crippen molar-refractivity contribution in [3.8, 4) is 0 Å². The van der Waals surface area contributed by atoms with Gasteiger partial charge in [0.2, 0.25) is 5.91 Å². The Bertz CT molecular complexity index is 634. The summed E-state index contributed by atoms with van der Waals surface area (Å²) in [5.74, 6) is 0.210. The van der Waals surface area contributed by atoms with E-state index >= 15 is 0 Å². The zero-order chi connectivity index (χ0) is 15.4. The Hall–Kier alpha value is -1.43. The second-order valence-electron chi connectivity index (χ2n) is 5.77. The smallest absolute Gasteiger partial charge is 0.237 e. The summed E-state index contributed by atoms with van der Waals surface area (Å²) >= 11 is 1.75. The van der Waals surface area contributed by atoms with Crippen LogP contribution in [0.4, 0.5) is 0 Å². The summed E-state index contributed by atoms with van der Waals surface area (Å²) in [4.78, 5) is 12.2. The number of carbonyl (C=O) groups is 1. The van der Waals surface area contributed by atoms with Gasteiger partial charge in [0, 0.05) is 24.5 Å². The van der Waals surface area contributed by atoms with E-state index in [9.17, 15) is 4.79 Å². The summed E-state index contributed by atoms with van der Waals surface area (Å²) in [6.07, 6.45) is 2.60. The lowest BCUT2D eigenvalue weighted by molar-refractivity contribution is -0.124. The second kappa shape index (κ2) is 7.22. The molecule has 2 aromatic rings. The largest absolute Gasteiger partial charge is 0.381 e. The molecule has 1 aromatic heterocycles. The van der Waals surface area contributed by atoms with Gasteiger partial charge in [-0.05, 0) is 47.6 Å². The Morgan fingerprint density at radius 1 is 1.36 bits per heavy atom. The molecule has 22 heavy (non-hydrogen) atoms. The molecule has 1 atom stereocenters. The number of hydrogen-bond donors (Lipinski definition) is 2. The minimum atomic E-state index is -0.414. The third-order valence-corrected chi connectivity index (χ3v) is 5.34. The van der Waals surface area contributed by atoms with Crippen LogP contribution in [0.15, 0.2) is 29.6 Å². The summed E-state index contributed by atoms with van der Waals surface area (Å²) in [5, 5.41) is 6.45. The molecule has 1 unspecified atom stereocenters. The lowest BCUT2D eigenvalue weighted by Crippen LogP contribution is -2.47. The van der Waals surface area contributed by atoms with Crippen molar-refractivity contribution in [3.05, 3.63) is 35.2 Å². The van der Waals surface area contributed by atoms with Gasteiger partial charge in [-0.2, -0.15) is 0 Å². The number of amides is 1. The van der Waals surface area contributed by atoms with Crippen molar-refractivity contribution in [2.45, 2.75) is 25.3 Å². The van der Waals surface area contributed by atoms with Crippen LogP contribution in [0.1, 0.15) is 18.4 Å². The third-order valence-electron chi connectivity index (χ3n) is 4.33. The Morgan fingerprint density at radius 3 is 2.95 bits per heavy atom. The molecule has 1 aliphatic rings. The molecule has 0 aliphatic carbocycles. The van der Waals surface area contributed by atoms with Crippen LogP contribution in [0, 0.1) is 5.92 Å². The van der Waals surface area contributed by atoms with E-state index in [0.717, 1.165) is 19.3 Å². The molecule has 0 saturated carbocycles. The normalized spacial score (nSPS) is 17.5. The van der Waals surface area contributed by atoms with Crippen molar-refractivity contribution in [3.63, 3.8) is 0 Å². The second-order valence-corrected chi connectivity index (χ2v) is 6.68. The molecule has 1 aliphatic heterocycles. The molecule has 0 radical (unpaired) electrons. The number of carbonyl (C=O) groups excluding carboxylic acids is 1. The van der Waals surface area contributed by atoms with Crippen LogP contribution < -0.4 is 11.1 Å². The number of benzene rings is 1. The first kappa shape index (κ1) is 15.5. The van der Waals surface area contributed by atoms with Gasteiger partial charge in [0.1, 0.15) is 0 Å². The quantitative estimate of drug-likeness (QED) is 0.889. The molecule has 1 aromatic carbocycles. The lowest BCUT2D eigenvalue weighted by atomic mass is 9.92. The van der Waals surface area contributed by atoms with Gasteiger partial charge in [-0.1, -0.05) is 18.2 Å². The van der Waals surface area contributed by atoms with Gasteiger partial charge >= 0.3 is 0 Å². The van der Waals surface area contributed by atoms with Crippen LogP contribution in [-0.4, -0.2) is 31.7 Å². The molecule has 0 bridgehead atoms. The first-order valence-corrected chi connectivity index (χ1v) is 8.70. The van der Waals surface area contributed by atoms with E-state index in [1.54, 1.807) is 11.3 Å². The van der Waals surface area contributed by atoms with Crippen molar-refractivity contribution in [2.75, 3.05) is 19.8 Å². The molecular weight excluding hydrogens is 296 g/mol. The van der Waals surface area contributed by atoms with Crippen LogP contribution in [0.3, 0.4) is 0 Å². The van der Waals surface area contributed by atoms with E-state index in [0.29, 0.717) is 19.8 Å². The SMILES string of the molecule is NC(C(=O)NCCc1csc2ccccc12)C1CCOCC1. The van der Waals surface area contributed by atoms with E-state index < -0.39 is 6.04 Å². The zero-order valence-corrected chi connectivity index (χ0v) is 13.4. The molecule has 3 rings (SSSR count). The fraction of sp³-hybridized carbons (Fsp3) is 0.471. The molecule has 118 valence electrons. The van der Waals surface area contributed by atoms with Gasteiger partial charge in [-0.15, -0.1) is 11.3 Å². The van der Waals surface area contributed by atoms with Crippen LogP contribution >= 0.6 is 11.3 Å². The number of thiophene rings is 1. The summed E-state index contributed by atoms with van der Waals surface area (Å²) in [6.45, 7) is 2.07. The maximum Gasteiger partial charge on any atom is 0.237 e. The number of hydrogen-bond acceptors (Lipinski definition) is 4. The highest BCUT2D eigenvalue weighted by molar-refractivity contribution is 7.17. The molecule has 3 N–H and O–H groups in total. The maximum atomic E-state index is 12.2. The summed E-state index contributed by atoms with van der Waals surface area (Å²) in [5.41, 5.74) is 7.37. The van der Waals surface area contributed by atoms with Crippen molar-refractivity contribution in [1.29, 1.82) is 0 Å². The Morgan fingerprint density at radius 2 is 2.14 bits per heavy atom. The van der Waals surface area contributed by atoms with Crippen LogP contribution in [0.5, 0.6) is 0 Å². The zero-order valence-electron chi connectivity index (χ0n) is 12.6. The average molecular weight is 318 g/mol. The van der Waals surface area contributed by atoms with Gasteiger partial charge in [0.15, 0.2) is 0 Å². The molecule has 1 fully saturated rings. The number of ether oxygens (including phenoxy) is 1. The van der Waals surface area contributed by atoms with E-state index in [1.165, 1.54) is 15.6 Å². The molecule has 5 heteroatoms. The highest BCUT2D eigenvalue weighted by Gasteiger charge is 2.26. The first-order chi connectivity index (χ1) is 10.8. The summed E-state index contributed by atoms with van der Waals surface area (Å²) in [6, 6.07) is 7.96. The summed E-state index contributed by atoms with van der Waals surface area (Å²) in [7, 11) is 0. The molecule has 0 spiro atoms. The summed E-state index contributed by atoms with van der Waals surface area (Å²) < 4.78 is 6.61. The van der Waals surface area contributed by atoms with Crippen molar-refractivity contribution < 1.29 is 9.53 Å². The topological polar surface area (TPSA) is 64.4 Å².